The molecular formula is C11H21N3O. The molecule has 1 atom stereocenters. The minimum Gasteiger partial charge on any atom is -0.330 e. The molecule has 4 nitrogen and oxygen atoms in total. The van der Waals surface area contributed by atoms with E-state index in [-0.39, 0.29) is 11.8 Å². The Bertz CT molecular complexity index is 261. The summed E-state index contributed by atoms with van der Waals surface area (Å²) in [5.41, 5.74) is 5.49. The molecule has 0 aromatic carbocycles. The highest BCUT2D eigenvalue weighted by Crippen LogP contribution is 2.16. The summed E-state index contributed by atoms with van der Waals surface area (Å²) >= 11 is 0. The predicted octanol–water partition coefficient (Wildman–Crippen LogP) is 0.868. The normalized spacial score (nSPS) is 18.2. The molecule has 0 aromatic rings. The summed E-state index contributed by atoms with van der Waals surface area (Å²) in [5, 5.41) is 0. The Hall–Kier alpha value is -0.900. The van der Waals surface area contributed by atoms with Crippen LogP contribution >= 0.6 is 0 Å². The van der Waals surface area contributed by atoms with Crippen molar-refractivity contribution in [3.8, 4) is 0 Å². The fourth-order valence-electron chi connectivity index (χ4n) is 1.60. The quantitative estimate of drug-likeness (QED) is 0.750. The first-order valence-corrected chi connectivity index (χ1v) is 5.62. The van der Waals surface area contributed by atoms with Crippen LogP contribution in [-0.2, 0) is 4.79 Å². The van der Waals surface area contributed by atoms with Gasteiger partial charge in [-0.3, -0.25) is 14.7 Å². The Balaban J connectivity index is 2.64. The zero-order valence-electron chi connectivity index (χ0n) is 9.86. The van der Waals surface area contributed by atoms with Gasteiger partial charge in [0.2, 0.25) is 5.91 Å². The van der Waals surface area contributed by atoms with Gasteiger partial charge < -0.3 is 5.73 Å². The fraction of sp³-hybridized carbons (Fsp3) is 0.818. The molecular weight excluding hydrogens is 190 g/mol. The van der Waals surface area contributed by atoms with Crippen LogP contribution in [0.4, 0.5) is 0 Å². The number of nitrogens with zero attached hydrogens (tertiary/aromatic N) is 2. The fourth-order valence-corrected chi connectivity index (χ4v) is 1.60. The smallest absolute Gasteiger partial charge is 0.231 e. The van der Waals surface area contributed by atoms with Crippen molar-refractivity contribution in [3.63, 3.8) is 0 Å². The molecule has 15 heavy (non-hydrogen) atoms. The highest BCUT2D eigenvalue weighted by Gasteiger charge is 2.28. The van der Waals surface area contributed by atoms with Crippen molar-refractivity contribution in [2.75, 3.05) is 19.6 Å². The maximum absolute atomic E-state index is 12.1. The van der Waals surface area contributed by atoms with Crippen molar-refractivity contribution in [3.05, 3.63) is 0 Å². The van der Waals surface area contributed by atoms with E-state index >= 15 is 0 Å². The summed E-state index contributed by atoms with van der Waals surface area (Å²) in [6, 6.07) is 0. The Labute approximate surface area is 91.5 Å². The van der Waals surface area contributed by atoms with Crippen LogP contribution in [0.15, 0.2) is 4.99 Å². The van der Waals surface area contributed by atoms with Gasteiger partial charge in [-0.15, -0.1) is 0 Å². The second-order valence-electron chi connectivity index (χ2n) is 4.36. The largest absolute Gasteiger partial charge is 0.330 e. The highest BCUT2D eigenvalue weighted by molar-refractivity contribution is 6.00. The van der Waals surface area contributed by atoms with E-state index in [9.17, 15) is 4.79 Å². The Morgan fingerprint density at radius 1 is 1.53 bits per heavy atom. The van der Waals surface area contributed by atoms with Gasteiger partial charge in [0, 0.05) is 18.9 Å². The minimum absolute atomic E-state index is 0.0612. The van der Waals surface area contributed by atoms with Crippen LogP contribution in [0.3, 0.4) is 0 Å². The molecule has 1 unspecified atom stereocenters. The van der Waals surface area contributed by atoms with Crippen molar-refractivity contribution in [1.82, 2.24) is 4.90 Å². The van der Waals surface area contributed by atoms with Crippen molar-refractivity contribution >= 4 is 11.7 Å². The van der Waals surface area contributed by atoms with Crippen LogP contribution in [0.25, 0.3) is 0 Å². The third-order valence-corrected chi connectivity index (χ3v) is 2.95. The number of aliphatic imine (C=N–C) groups is 1. The molecule has 2 N–H and O–H groups in total. The zero-order chi connectivity index (χ0) is 11.4. The van der Waals surface area contributed by atoms with Crippen molar-refractivity contribution in [1.29, 1.82) is 0 Å². The average Bonchev–Trinajstić information content (AvgIpc) is 2.64. The van der Waals surface area contributed by atoms with Crippen molar-refractivity contribution < 1.29 is 4.79 Å². The number of amides is 1. The number of carbonyl (C=O) groups is 1. The molecule has 0 bridgehead atoms. The summed E-state index contributed by atoms with van der Waals surface area (Å²) in [7, 11) is 0. The first-order chi connectivity index (χ1) is 7.07. The van der Waals surface area contributed by atoms with Gasteiger partial charge in [-0.2, -0.15) is 0 Å². The van der Waals surface area contributed by atoms with E-state index in [0.717, 1.165) is 18.9 Å². The molecule has 1 aliphatic heterocycles. The van der Waals surface area contributed by atoms with Gasteiger partial charge in [-0.1, -0.05) is 20.8 Å². The van der Waals surface area contributed by atoms with Crippen LogP contribution in [-0.4, -0.2) is 36.3 Å². The second-order valence-corrected chi connectivity index (χ2v) is 4.36. The third-order valence-electron chi connectivity index (χ3n) is 2.95. The highest BCUT2D eigenvalue weighted by atomic mass is 16.2. The maximum Gasteiger partial charge on any atom is 0.231 e. The summed E-state index contributed by atoms with van der Waals surface area (Å²) in [5.74, 6) is 1.49. The van der Waals surface area contributed by atoms with E-state index in [4.69, 9.17) is 5.73 Å². The van der Waals surface area contributed by atoms with Crippen LogP contribution < -0.4 is 5.73 Å². The molecule has 0 spiro atoms. The van der Waals surface area contributed by atoms with Gasteiger partial charge in [-0.05, 0) is 12.5 Å². The molecule has 0 aliphatic carbocycles. The maximum atomic E-state index is 12.1. The van der Waals surface area contributed by atoms with E-state index in [0.29, 0.717) is 18.9 Å². The minimum atomic E-state index is 0.0612. The van der Waals surface area contributed by atoms with Gasteiger partial charge >= 0.3 is 0 Å². The molecule has 0 aromatic heterocycles. The van der Waals surface area contributed by atoms with Crippen molar-refractivity contribution in [2.45, 2.75) is 27.2 Å². The zero-order valence-corrected chi connectivity index (χ0v) is 9.86. The molecule has 1 rings (SSSR count). The SMILES string of the molecule is CC(C)C(C)C(=O)N1CCN=C1CCN. The van der Waals surface area contributed by atoms with Gasteiger partial charge in [0.25, 0.3) is 0 Å². The van der Waals surface area contributed by atoms with Crippen LogP contribution in [0.1, 0.15) is 27.2 Å². The van der Waals surface area contributed by atoms with Gasteiger partial charge in [0.1, 0.15) is 5.84 Å². The van der Waals surface area contributed by atoms with Crippen LogP contribution in [0.2, 0.25) is 0 Å². The molecule has 1 aliphatic rings. The lowest BCUT2D eigenvalue weighted by atomic mass is 9.96. The number of nitrogens with two attached hydrogens (primary N) is 1. The number of hydrogen-bond acceptors (Lipinski definition) is 3. The van der Waals surface area contributed by atoms with Crippen molar-refractivity contribution in [2.24, 2.45) is 22.6 Å². The predicted molar refractivity (Wildman–Crippen MR) is 61.7 cm³/mol. The second kappa shape index (κ2) is 5.26. The lowest BCUT2D eigenvalue weighted by Gasteiger charge is -2.24. The lowest BCUT2D eigenvalue weighted by Crippen LogP contribution is -2.40. The van der Waals surface area contributed by atoms with E-state index < -0.39 is 0 Å². The topological polar surface area (TPSA) is 58.7 Å². The molecule has 86 valence electrons. The van der Waals surface area contributed by atoms with Gasteiger partial charge in [0.15, 0.2) is 0 Å². The molecule has 0 saturated carbocycles. The Kier molecular flexibility index (Phi) is 4.27. The van der Waals surface area contributed by atoms with Crippen LogP contribution in [0.5, 0.6) is 0 Å². The van der Waals surface area contributed by atoms with E-state index in [2.05, 4.69) is 18.8 Å². The van der Waals surface area contributed by atoms with Gasteiger partial charge in [0.05, 0.1) is 6.54 Å². The summed E-state index contributed by atoms with van der Waals surface area (Å²) in [6.45, 7) is 8.12. The standard InChI is InChI=1S/C11H21N3O/c1-8(2)9(3)11(15)14-7-6-13-10(14)4-5-12/h8-9H,4-7,12H2,1-3H3. The third kappa shape index (κ3) is 2.78. The summed E-state index contributed by atoms with van der Waals surface area (Å²) in [4.78, 5) is 18.2. The molecule has 1 heterocycles. The van der Waals surface area contributed by atoms with E-state index in [1.165, 1.54) is 0 Å². The summed E-state index contributed by atoms with van der Waals surface area (Å²) in [6.07, 6.45) is 0.705. The van der Waals surface area contributed by atoms with E-state index in [1.54, 1.807) is 4.90 Å². The molecule has 1 amide bonds. The lowest BCUT2D eigenvalue weighted by molar-refractivity contribution is -0.132. The molecule has 4 heteroatoms. The van der Waals surface area contributed by atoms with Gasteiger partial charge in [-0.25, -0.2) is 0 Å². The Morgan fingerprint density at radius 2 is 2.20 bits per heavy atom. The number of carbonyl (C=O) groups excluding carboxylic acids is 1. The first-order valence-electron chi connectivity index (χ1n) is 5.62. The number of rotatable bonds is 4. The number of amidine groups is 1. The Morgan fingerprint density at radius 3 is 2.73 bits per heavy atom. The number of hydrogen-bond donors (Lipinski definition) is 1. The average molecular weight is 211 g/mol. The van der Waals surface area contributed by atoms with E-state index in [1.807, 2.05) is 6.92 Å². The molecule has 0 radical (unpaired) electrons. The van der Waals surface area contributed by atoms with Crippen LogP contribution in [0, 0.1) is 11.8 Å². The first kappa shape index (κ1) is 12.2. The summed E-state index contributed by atoms with van der Waals surface area (Å²) < 4.78 is 0. The monoisotopic (exact) mass is 211 g/mol. The molecule has 0 saturated heterocycles. The molecule has 0 fully saturated rings.